The number of benzene rings is 4. The number of carbonyl (C=O) groups is 2. The molecule has 2 amide bonds. The molecule has 0 aliphatic rings. The van der Waals surface area contributed by atoms with Gasteiger partial charge in [0.1, 0.15) is 17.2 Å². The van der Waals surface area contributed by atoms with Crippen molar-refractivity contribution in [1.82, 2.24) is 10.8 Å². The number of ether oxygens (including phenoxy) is 1. The Hall–Kier alpha value is -4.20. The molecule has 0 saturated heterocycles. The van der Waals surface area contributed by atoms with Gasteiger partial charge < -0.3 is 10.1 Å². The van der Waals surface area contributed by atoms with Gasteiger partial charge in [0.25, 0.3) is 11.8 Å². The molecular formula is C29H23BrN2O4. The number of carbonyl (C=O) groups excluding carboxylic acids is 2. The molecule has 0 aliphatic heterocycles. The highest BCUT2D eigenvalue weighted by atomic mass is 79.9. The number of hydroxylamine groups is 1. The first-order valence-electron chi connectivity index (χ1n) is 11.1. The summed E-state index contributed by atoms with van der Waals surface area (Å²) in [5, 5.41) is 2.68. The second kappa shape index (κ2) is 12.5. The summed E-state index contributed by atoms with van der Waals surface area (Å²) in [7, 11) is 0. The lowest BCUT2D eigenvalue weighted by Crippen LogP contribution is -2.34. The second-order valence-corrected chi connectivity index (χ2v) is 8.54. The van der Waals surface area contributed by atoms with Crippen LogP contribution in [0.2, 0.25) is 0 Å². The van der Waals surface area contributed by atoms with Gasteiger partial charge in [0.05, 0.1) is 11.1 Å². The number of hydrogen-bond donors (Lipinski definition) is 2. The van der Waals surface area contributed by atoms with Crippen molar-refractivity contribution in [2.45, 2.75) is 6.61 Å². The molecule has 4 aromatic carbocycles. The number of amides is 2. The maximum Gasteiger partial charge on any atom is 0.291 e. The minimum atomic E-state index is -0.580. The smallest absolute Gasteiger partial charge is 0.291 e. The van der Waals surface area contributed by atoms with Crippen LogP contribution in [0.15, 0.2) is 119 Å². The van der Waals surface area contributed by atoms with Crippen LogP contribution in [0.25, 0.3) is 6.08 Å². The molecule has 0 aromatic heterocycles. The van der Waals surface area contributed by atoms with Crippen molar-refractivity contribution in [2.75, 3.05) is 0 Å². The maximum atomic E-state index is 12.9. The van der Waals surface area contributed by atoms with Gasteiger partial charge >= 0.3 is 0 Å². The normalized spacial score (nSPS) is 11.0. The van der Waals surface area contributed by atoms with Gasteiger partial charge in [-0.1, -0.05) is 72.8 Å². The fourth-order valence-electron chi connectivity index (χ4n) is 3.21. The maximum absolute atomic E-state index is 12.9. The molecule has 0 saturated carbocycles. The first-order chi connectivity index (χ1) is 17.6. The van der Waals surface area contributed by atoms with Crippen LogP contribution in [0.3, 0.4) is 0 Å². The zero-order valence-corrected chi connectivity index (χ0v) is 20.8. The Labute approximate surface area is 217 Å². The first kappa shape index (κ1) is 24.9. The van der Waals surface area contributed by atoms with Gasteiger partial charge in [-0.05, 0) is 69.5 Å². The van der Waals surface area contributed by atoms with Gasteiger partial charge in [-0.3, -0.25) is 14.4 Å². The highest BCUT2D eigenvalue weighted by Gasteiger charge is 2.15. The molecular weight excluding hydrogens is 520 g/mol. The molecule has 0 unspecified atom stereocenters. The van der Waals surface area contributed by atoms with E-state index in [4.69, 9.17) is 9.57 Å². The van der Waals surface area contributed by atoms with Gasteiger partial charge in [0.2, 0.25) is 0 Å². The fourth-order valence-corrected chi connectivity index (χ4v) is 3.58. The zero-order valence-electron chi connectivity index (χ0n) is 19.2. The lowest BCUT2D eigenvalue weighted by molar-refractivity contribution is -0.130. The van der Waals surface area contributed by atoms with Crippen molar-refractivity contribution in [3.05, 3.63) is 136 Å². The van der Waals surface area contributed by atoms with E-state index >= 15 is 0 Å². The van der Waals surface area contributed by atoms with Crippen molar-refractivity contribution < 1.29 is 19.2 Å². The predicted octanol–water partition coefficient (Wildman–Crippen LogP) is 6.26. The Morgan fingerprint density at radius 1 is 0.778 bits per heavy atom. The molecule has 36 heavy (non-hydrogen) atoms. The molecule has 0 heterocycles. The molecule has 180 valence electrons. The van der Waals surface area contributed by atoms with Crippen LogP contribution in [0.1, 0.15) is 21.5 Å². The molecule has 4 aromatic rings. The molecule has 0 atom stereocenters. The highest BCUT2D eigenvalue weighted by molar-refractivity contribution is 9.10. The van der Waals surface area contributed by atoms with Crippen LogP contribution in [-0.4, -0.2) is 11.8 Å². The number of rotatable bonds is 9. The van der Waals surface area contributed by atoms with Crippen LogP contribution in [0.5, 0.6) is 11.5 Å². The molecule has 6 nitrogen and oxygen atoms in total. The van der Waals surface area contributed by atoms with Crippen molar-refractivity contribution in [1.29, 1.82) is 0 Å². The summed E-state index contributed by atoms with van der Waals surface area (Å²) in [6.45, 7) is 0.188. The van der Waals surface area contributed by atoms with Crippen molar-refractivity contribution in [2.24, 2.45) is 0 Å². The first-order valence-corrected chi connectivity index (χ1v) is 11.9. The lowest BCUT2D eigenvalue weighted by atomic mass is 10.1. The van der Waals surface area contributed by atoms with Gasteiger partial charge in [-0.15, -0.1) is 0 Å². The largest absolute Gasteiger partial charge is 0.456 e. The van der Waals surface area contributed by atoms with E-state index in [-0.39, 0.29) is 12.3 Å². The van der Waals surface area contributed by atoms with Gasteiger partial charge in [-0.25, -0.2) is 5.48 Å². The molecule has 0 bridgehead atoms. The van der Waals surface area contributed by atoms with E-state index < -0.39 is 11.8 Å². The third-order valence-corrected chi connectivity index (χ3v) is 5.69. The summed E-state index contributed by atoms with van der Waals surface area (Å²) < 4.78 is 6.74. The summed E-state index contributed by atoms with van der Waals surface area (Å²) in [5.41, 5.74) is 4.47. The quantitative estimate of drug-likeness (QED) is 0.193. The van der Waals surface area contributed by atoms with Crippen molar-refractivity contribution in [3.8, 4) is 11.5 Å². The number of hydrogen-bond acceptors (Lipinski definition) is 4. The minimum absolute atomic E-state index is 0.0383. The van der Waals surface area contributed by atoms with E-state index in [1.165, 1.54) is 0 Å². The topological polar surface area (TPSA) is 76.7 Å². The monoisotopic (exact) mass is 542 g/mol. The van der Waals surface area contributed by atoms with Gasteiger partial charge in [-0.2, -0.15) is 0 Å². The Bertz CT molecular complexity index is 1340. The summed E-state index contributed by atoms with van der Waals surface area (Å²) in [6, 6.07) is 32.8. The molecule has 0 fully saturated rings. The lowest BCUT2D eigenvalue weighted by Gasteiger charge is -2.12. The van der Waals surface area contributed by atoms with Crippen LogP contribution < -0.4 is 15.5 Å². The van der Waals surface area contributed by atoms with Crippen LogP contribution in [0, 0.1) is 0 Å². The van der Waals surface area contributed by atoms with E-state index in [0.29, 0.717) is 22.6 Å². The van der Waals surface area contributed by atoms with E-state index in [1.807, 2.05) is 60.7 Å². The summed E-state index contributed by atoms with van der Waals surface area (Å²) in [5.74, 6) is 0.328. The van der Waals surface area contributed by atoms with E-state index in [2.05, 4.69) is 26.7 Å². The van der Waals surface area contributed by atoms with E-state index in [9.17, 15) is 9.59 Å². The number of halogens is 1. The van der Waals surface area contributed by atoms with E-state index in [1.54, 1.807) is 54.6 Å². The summed E-state index contributed by atoms with van der Waals surface area (Å²) in [4.78, 5) is 31.0. The molecule has 4 rings (SSSR count). The van der Waals surface area contributed by atoms with Crippen LogP contribution in [-0.2, 0) is 16.2 Å². The van der Waals surface area contributed by atoms with Crippen molar-refractivity contribution >= 4 is 33.8 Å². The predicted molar refractivity (Wildman–Crippen MR) is 142 cm³/mol. The molecule has 7 heteroatoms. The average Bonchev–Trinajstić information content (AvgIpc) is 2.91. The fraction of sp³-hybridized carbons (Fsp3) is 0.0345. The van der Waals surface area contributed by atoms with Gasteiger partial charge in [0, 0.05) is 5.56 Å². The number of para-hydroxylation sites is 1. The van der Waals surface area contributed by atoms with Crippen LogP contribution >= 0.6 is 15.9 Å². The number of nitrogens with one attached hydrogen (secondary N) is 2. The zero-order chi connectivity index (χ0) is 25.2. The third kappa shape index (κ3) is 7.15. The minimum Gasteiger partial charge on any atom is -0.456 e. The average molecular weight is 543 g/mol. The van der Waals surface area contributed by atoms with Crippen LogP contribution in [0.4, 0.5) is 0 Å². The Morgan fingerprint density at radius 3 is 2.11 bits per heavy atom. The third-order valence-electron chi connectivity index (χ3n) is 5.03. The molecule has 0 aliphatic carbocycles. The highest BCUT2D eigenvalue weighted by Crippen LogP contribution is 2.29. The standard InChI is InChI=1S/C29H23BrN2O4/c30-25-13-7-8-14-27(25)36-24-17-15-21(16-18-24)19-26(31-28(33)23-11-5-2-6-12-23)29(34)32-35-20-22-9-3-1-4-10-22/h1-19H,20H2,(H,31,33)(H,32,34)/b26-19+. The van der Waals surface area contributed by atoms with E-state index in [0.717, 1.165) is 10.0 Å². The molecule has 0 radical (unpaired) electrons. The second-order valence-electron chi connectivity index (χ2n) is 7.69. The van der Waals surface area contributed by atoms with Gasteiger partial charge in [0.15, 0.2) is 0 Å². The molecule has 0 spiro atoms. The Kier molecular flexibility index (Phi) is 8.64. The van der Waals surface area contributed by atoms with Crippen molar-refractivity contribution in [3.63, 3.8) is 0 Å². The Balaban J connectivity index is 1.49. The Morgan fingerprint density at radius 2 is 1.42 bits per heavy atom. The SMILES string of the molecule is O=C(NOCc1ccccc1)/C(=C\c1ccc(Oc2ccccc2Br)cc1)NC(=O)c1ccccc1. The molecule has 2 N–H and O–H groups in total. The summed E-state index contributed by atoms with van der Waals surface area (Å²) in [6.07, 6.45) is 1.57. The summed E-state index contributed by atoms with van der Waals surface area (Å²) >= 11 is 3.46.